The number of carbonyl (C=O) groups excluding carboxylic acids is 2. The summed E-state index contributed by atoms with van der Waals surface area (Å²) < 4.78 is 5.24. The van der Waals surface area contributed by atoms with Crippen molar-refractivity contribution in [3.05, 3.63) is 42.5 Å². The molecule has 0 aliphatic rings. The molecule has 2 aromatic rings. The number of esters is 1. The Bertz CT molecular complexity index is 602. The molecule has 1 unspecified atom stereocenters. The second kappa shape index (κ2) is 5.31. The lowest BCUT2D eigenvalue weighted by Gasteiger charge is -2.09. The molecule has 18 heavy (non-hydrogen) atoms. The third kappa shape index (κ3) is 2.59. The Morgan fingerprint density at radius 1 is 1.11 bits per heavy atom. The van der Waals surface area contributed by atoms with Crippen molar-refractivity contribution in [2.45, 2.75) is 11.8 Å². The van der Waals surface area contributed by atoms with E-state index in [1.807, 2.05) is 36.4 Å². The van der Waals surface area contributed by atoms with E-state index in [4.69, 9.17) is 4.74 Å². The van der Waals surface area contributed by atoms with Crippen molar-refractivity contribution in [3.63, 3.8) is 0 Å². The van der Waals surface area contributed by atoms with Crippen LogP contribution in [-0.4, -0.2) is 16.6 Å². The van der Waals surface area contributed by atoms with Gasteiger partial charge in [-0.25, -0.2) is 4.79 Å². The molecule has 4 heteroatoms. The summed E-state index contributed by atoms with van der Waals surface area (Å²) in [5.41, 5.74) is 0. The fourth-order valence-corrected chi connectivity index (χ4v) is 1.70. The van der Waals surface area contributed by atoms with Crippen molar-refractivity contribution in [1.29, 1.82) is 0 Å². The normalized spacial score (nSPS) is 12.1. The lowest BCUT2D eigenvalue weighted by molar-refractivity contribution is -0.136. The number of hydrogen-bond acceptors (Lipinski definition) is 3. The van der Waals surface area contributed by atoms with Gasteiger partial charge in [-0.05, 0) is 18.4 Å². The Morgan fingerprint density at radius 3 is 2.50 bits per heavy atom. The van der Waals surface area contributed by atoms with Crippen LogP contribution in [0.5, 0.6) is 5.75 Å². The topological polar surface area (TPSA) is 43.4 Å². The van der Waals surface area contributed by atoms with Gasteiger partial charge in [-0.15, -0.1) is 0 Å². The molecule has 0 saturated heterocycles. The van der Waals surface area contributed by atoms with Crippen LogP contribution in [0.15, 0.2) is 42.5 Å². The monoisotopic (exact) mass is 306 g/mol. The van der Waals surface area contributed by atoms with Crippen LogP contribution in [0.4, 0.5) is 0 Å². The fourth-order valence-electron chi connectivity index (χ4n) is 1.61. The molecule has 0 fully saturated rings. The average molecular weight is 307 g/mol. The molecular weight excluding hydrogens is 296 g/mol. The van der Waals surface area contributed by atoms with E-state index in [0.29, 0.717) is 5.75 Å². The quantitative estimate of drug-likeness (QED) is 0.379. The second-order valence-electron chi connectivity index (χ2n) is 3.87. The molecule has 0 saturated carbocycles. The van der Waals surface area contributed by atoms with Gasteiger partial charge in [0.25, 0.3) is 0 Å². The molecule has 0 bridgehead atoms. The molecule has 0 spiro atoms. The van der Waals surface area contributed by atoms with Crippen molar-refractivity contribution in [1.82, 2.24) is 0 Å². The zero-order valence-electron chi connectivity index (χ0n) is 9.72. The number of benzene rings is 2. The van der Waals surface area contributed by atoms with Gasteiger partial charge in [-0.1, -0.05) is 52.3 Å². The van der Waals surface area contributed by atoms with Crippen LogP contribution in [-0.2, 0) is 9.59 Å². The molecule has 1 atom stereocenters. The van der Waals surface area contributed by atoms with Gasteiger partial charge in [0.2, 0.25) is 0 Å². The number of fused-ring (bicyclic) bond motifs is 1. The summed E-state index contributed by atoms with van der Waals surface area (Å²) >= 11 is 3.01. The van der Waals surface area contributed by atoms with Crippen LogP contribution < -0.4 is 4.74 Å². The van der Waals surface area contributed by atoms with E-state index in [2.05, 4.69) is 15.9 Å². The first-order valence-electron chi connectivity index (χ1n) is 5.43. The van der Waals surface area contributed by atoms with Gasteiger partial charge in [0.15, 0.2) is 10.6 Å². The van der Waals surface area contributed by atoms with E-state index in [1.54, 1.807) is 6.07 Å². The van der Waals surface area contributed by atoms with Gasteiger partial charge in [0.05, 0.1) is 0 Å². The van der Waals surface area contributed by atoms with E-state index in [0.717, 1.165) is 10.8 Å². The molecule has 2 rings (SSSR count). The van der Waals surface area contributed by atoms with Crippen molar-refractivity contribution < 1.29 is 14.3 Å². The lowest BCUT2D eigenvalue weighted by Crippen LogP contribution is -2.26. The van der Waals surface area contributed by atoms with Crippen molar-refractivity contribution in [2.24, 2.45) is 0 Å². The number of Topliss-reactive ketones (excluding diaryl/α,β-unsaturated/α-hetero) is 1. The van der Waals surface area contributed by atoms with Crippen LogP contribution in [0.3, 0.4) is 0 Å². The number of hydrogen-bond donors (Lipinski definition) is 0. The molecular formula is C14H11BrO3. The third-order valence-corrected chi connectivity index (χ3v) is 3.54. The number of halogens is 1. The molecule has 0 aliphatic carbocycles. The summed E-state index contributed by atoms with van der Waals surface area (Å²) in [6.45, 7) is 1.34. The molecule has 0 aliphatic heterocycles. The first-order valence-corrected chi connectivity index (χ1v) is 6.35. The molecule has 0 N–H and O–H groups in total. The average Bonchev–Trinajstić information content (AvgIpc) is 2.38. The Balaban J connectivity index is 2.32. The van der Waals surface area contributed by atoms with Gasteiger partial charge in [0, 0.05) is 5.39 Å². The van der Waals surface area contributed by atoms with Gasteiger partial charge in [-0.3, -0.25) is 4.79 Å². The first kappa shape index (κ1) is 12.8. The number of rotatable bonds is 3. The minimum Gasteiger partial charge on any atom is -0.425 e. The molecule has 0 amide bonds. The van der Waals surface area contributed by atoms with Crippen LogP contribution in [0, 0.1) is 0 Å². The van der Waals surface area contributed by atoms with Crippen molar-refractivity contribution in [2.75, 3.05) is 0 Å². The largest absolute Gasteiger partial charge is 0.425 e. The Kier molecular flexibility index (Phi) is 3.77. The van der Waals surface area contributed by atoms with Gasteiger partial charge in [-0.2, -0.15) is 0 Å². The summed E-state index contributed by atoms with van der Waals surface area (Å²) in [4.78, 5) is 21.9. The fraction of sp³-hybridized carbons (Fsp3) is 0.143. The van der Waals surface area contributed by atoms with Gasteiger partial charge in [0.1, 0.15) is 5.75 Å². The maximum atomic E-state index is 11.7. The predicted molar refractivity (Wildman–Crippen MR) is 73.0 cm³/mol. The van der Waals surface area contributed by atoms with E-state index in [-0.39, 0.29) is 5.78 Å². The van der Waals surface area contributed by atoms with Crippen LogP contribution >= 0.6 is 15.9 Å². The minimum atomic E-state index is -0.920. The van der Waals surface area contributed by atoms with Gasteiger partial charge < -0.3 is 4.74 Å². The minimum absolute atomic E-state index is 0.278. The second-order valence-corrected chi connectivity index (χ2v) is 4.79. The van der Waals surface area contributed by atoms with E-state index in [9.17, 15) is 9.59 Å². The lowest BCUT2D eigenvalue weighted by atomic mass is 10.1. The predicted octanol–water partition coefficient (Wildman–Crippen LogP) is 3.10. The standard InChI is InChI=1S/C14H11BrO3/c1-9(16)13(15)14(17)18-12-8-4-6-10-5-2-3-7-11(10)12/h2-8,13H,1H3. The number of ketones is 1. The highest BCUT2D eigenvalue weighted by Crippen LogP contribution is 2.25. The van der Waals surface area contributed by atoms with Crippen LogP contribution in [0.25, 0.3) is 10.8 Å². The van der Waals surface area contributed by atoms with Crippen LogP contribution in [0.2, 0.25) is 0 Å². The van der Waals surface area contributed by atoms with Crippen molar-refractivity contribution >= 4 is 38.5 Å². The molecule has 0 heterocycles. The molecule has 2 aromatic carbocycles. The molecule has 3 nitrogen and oxygen atoms in total. The van der Waals surface area contributed by atoms with E-state index in [1.165, 1.54) is 6.92 Å². The third-order valence-electron chi connectivity index (χ3n) is 2.52. The molecule has 0 aromatic heterocycles. The van der Waals surface area contributed by atoms with Crippen LogP contribution in [0.1, 0.15) is 6.92 Å². The summed E-state index contributed by atoms with van der Waals surface area (Å²) in [5.74, 6) is -0.414. The summed E-state index contributed by atoms with van der Waals surface area (Å²) in [5, 5.41) is 1.83. The molecule has 0 radical (unpaired) electrons. The van der Waals surface area contributed by atoms with Gasteiger partial charge >= 0.3 is 5.97 Å². The maximum absolute atomic E-state index is 11.7. The summed E-state index contributed by atoms with van der Waals surface area (Å²) in [7, 11) is 0. The number of alkyl halides is 1. The Hall–Kier alpha value is -1.68. The smallest absolute Gasteiger partial charge is 0.332 e. The number of carbonyl (C=O) groups is 2. The maximum Gasteiger partial charge on any atom is 0.332 e. The Morgan fingerprint density at radius 2 is 1.78 bits per heavy atom. The number of ether oxygens (including phenoxy) is 1. The van der Waals surface area contributed by atoms with E-state index < -0.39 is 10.8 Å². The highest BCUT2D eigenvalue weighted by atomic mass is 79.9. The molecule has 92 valence electrons. The Labute approximate surface area is 113 Å². The highest BCUT2D eigenvalue weighted by Gasteiger charge is 2.22. The SMILES string of the molecule is CC(=O)C(Br)C(=O)Oc1cccc2ccccc12. The zero-order valence-corrected chi connectivity index (χ0v) is 11.3. The highest BCUT2D eigenvalue weighted by molar-refractivity contribution is 9.10. The van der Waals surface area contributed by atoms with E-state index >= 15 is 0 Å². The first-order chi connectivity index (χ1) is 8.59. The summed E-state index contributed by atoms with van der Waals surface area (Å²) in [6, 6.07) is 13.0. The summed E-state index contributed by atoms with van der Waals surface area (Å²) in [6.07, 6.45) is 0. The zero-order chi connectivity index (χ0) is 13.1. The van der Waals surface area contributed by atoms with Crippen molar-refractivity contribution in [3.8, 4) is 5.75 Å².